The summed E-state index contributed by atoms with van der Waals surface area (Å²) in [5, 5.41) is 2.07. The first kappa shape index (κ1) is 12.6. The quantitative estimate of drug-likeness (QED) is 0.533. The highest BCUT2D eigenvalue weighted by atomic mass is 16.5. The number of esters is 1. The lowest BCUT2D eigenvalue weighted by Gasteiger charge is -2.11. The minimum Gasteiger partial charge on any atom is -0.461 e. The van der Waals surface area contributed by atoms with Gasteiger partial charge >= 0.3 is 5.97 Å². The van der Waals surface area contributed by atoms with Gasteiger partial charge in [-0.2, -0.15) is 0 Å². The van der Waals surface area contributed by atoms with Crippen LogP contribution in [0.1, 0.15) is 18.9 Å². The number of aromatic nitrogens is 1. The summed E-state index contributed by atoms with van der Waals surface area (Å²) in [5.74, 6) is -0.185. The molecule has 0 radical (unpaired) electrons. The van der Waals surface area contributed by atoms with Gasteiger partial charge in [-0.1, -0.05) is 43.3 Å². The Morgan fingerprint density at radius 2 is 1.55 bits per heavy atom. The summed E-state index contributed by atoms with van der Waals surface area (Å²) in [6.45, 7) is 2.08. The van der Waals surface area contributed by atoms with E-state index in [0.717, 1.165) is 27.4 Å². The van der Waals surface area contributed by atoms with Crippen LogP contribution in [0.4, 0.5) is 0 Å². The average molecular weight is 265 g/mol. The lowest BCUT2D eigenvalue weighted by molar-refractivity contribution is -0.144. The normalized spacial score (nSPS) is 10.8. The number of benzene rings is 2. The number of carbonyl (C=O) groups is 1. The standard InChI is InChI=1S/C17H15NO2/c1-2-17(19)20-11-14-12-7-3-5-9-15(12)18-16-10-6-4-8-13(14)16/h3-10H,2,11H2,1H3. The van der Waals surface area contributed by atoms with Crippen molar-refractivity contribution in [3.63, 3.8) is 0 Å². The third-order valence-corrected chi connectivity index (χ3v) is 3.37. The largest absolute Gasteiger partial charge is 0.461 e. The number of carbonyl (C=O) groups excluding carboxylic acids is 1. The number of hydrogen-bond donors (Lipinski definition) is 0. The molecule has 0 saturated heterocycles. The van der Waals surface area contributed by atoms with Crippen molar-refractivity contribution in [1.82, 2.24) is 4.98 Å². The van der Waals surface area contributed by atoms with Crippen molar-refractivity contribution in [2.24, 2.45) is 0 Å². The second-order valence-electron chi connectivity index (χ2n) is 4.64. The highest BCUT2D eigenvalue weighted by Crippen LogP contribution is 2.26. The summed E-state index contributed by atoms with van der Waals surface area (Å²) >= 11 is 0. The second kappa shape index (κ2) is 5.29. The Labute approximate surface area is 117 Å². The molecule has 0 saturated carbocycles. The second-order valence-corrected chi connectivity index (χ2v) is 4.64. The van der Waals surface area contributed by atoms with Crippen LogP contribution >= 0.6 is 0 Å². The maximum absolute atomic E-state index is 11.4. The SMILES string of the molecule is CCC(=O)OCc1c2ccccc2nc2ccccc12. The third-order valence-electron chi connectivity index (χ3n) is 3.37. The molecular weight excluding hydrogens is 250 g/mol. The maximum atomic E-state index is 11.4. The number of rotatable bonds is 3. The predicted molar refractivity (Wildman–Crippen MR) is 79.3 cm³/mol. The van der Waals surface area contributed by atoms with Gasteiger partial charge in [-0.05, 0) is 12.1 Å². The van der Waals surface area contributed by atoms with E-state index in [0.29, 0.717) is 6.42 Å². The van der Waals surface area contributed by atoms with E-state index in [1.54, 1.807) is 6.92 Å². The molecule has 0 spiro atoms. The van der Waals surface area contributed by atoms with Crippen molar-refractivity contribution < 1.29 is 9.53 Å². The highest BCUT2D eigenvalue weighted by Gasteiger charge is 2.10. The van der Waals surface area contributed by atoms with E-state index in [4.69, 9.17) is 4.74 Å². The molecule has 0 atom stereocenters. The van der Waals surface area contributed by atoms with E-state index in [9.17, 15) is 4.79 Å². The molecule has 0 aliphatic rings. The number of ether oxygens (including phenoxy) is 1. The van der Waals surface area contributed by atoms with E-state index < -0.39 is 0 Å². The molecule has 1 heterocycles. The fourth-order valence-corrected chi connectivity index (χ4v) is 2.34. The van der Waals surface area contributed by atoms with Gasteiger partial charge in [-0.15, -0.1) is 0 Å². The molecule has 0 bridgehead atoms. The number of para-hydroxylation sites is 2. The van der Waals surface area contributed by atoms with Gasteiger partial charge < -0.3 is 4.74 Å². The summed E-state index contributed by atoms with van der Waals surface area (Å²) in [6, 6.07) is 15.9. The zero-order valence-electron chi connectivity index (χ0n) is 11.3. The monoisotopic (exact) mass is 265 g/mol. The molecule has 0 aliphatic carbocycles. The fourth-order valence-electron chi connectivity index (χ4n) is 2.34. The predicted octanol–water partition coefficient (Wildman–Crippen LogP) is 3.84. The Bertz CT molecular complexity index is 726. The van der Waals surface area contributed by atoms with Crippen LogP contribution in [0, 0.1) is 0 Å². The van der Waals surface area contributed by atoms with Crippen molar-refractivity contribution in [2.45, 2.75) is 20.0 Å². The first-order chi connectivity index (χ1) is 9.79. The van der Waals surface area contributed by atoms with Crippen LogP contribution in [0.15, 0.2) is 48.5 Å². The topological polar surface area (TPSA) is 39.2 Å². The lowest BCUT2D eigenvalue weighted by atomic mass is 10.0. The van der Waals surface area contributed by atoms with Gasteiger partial charge in [0.1, 0.15) is 6.61 Å². The van der Waals surface area contributed by atoms with E-state index in [2.05, 4.69) is 4.98 Å². The summed E-state index contributed by atoms with van der Waals surface area (Å²) < 4.78 is 5.33. The number of fused-ring (bicyclic) bond motifs is 2. The zero-order chi connectivity index (χ0) is 13.9. The van der Waals surface area contributed by atoms with E-state index in [1.165, 1.54) is 0 Å². The molecule has 0 amide bonds. The fraction of sp³-hybridized carbons (Fsp3) is 0.176. The molecule has 20 heavy (non-hydrogen) atoms. The van der Waals surface area contributed by atoms with Gasteiger partial charge in [0.25, 0.3) is 0 Å². The molecule has 2 aromatic carbocycles. The van der Waals surface area contributed by atoms with E-state index in [1.807, 2.05) is 48.5 Å². The minimum absolute atomic E-state index is 0.185. The summed E-state index contributed by atoms with van der Waals surface area (Å²) in [6.07, 6.45) is 0.390. The van der Waals surface area contributed by atoms with Crippen LogP contribution in [0.3, 0.4) is 0 Å². The van der Waals surface area contributed by atoms with Gasteiger partial charge in [0, 0.05) is 22.8 Å². The Balaban J connectivity index is 2.20. The van der Waals surface area contributed by atoms with Crippen LogP contribution in [0.5, 0.6) is 0 Å². The molecule has 3 heteroatoms. The Hall–Kier alpha value is -2.42. The molecule has 100 valence electrons. The molecule has 3 nitrogen and oxygen atoms in total. The maximum Gasteiger partial charge on any atom is 0.305 e. The Morgan fingerprint density at radius 3 is 2.10 bits per heavy atom. The number of hydrogen-bond acceptors (Lipinski definition) is 3. The number of pyridine rings is 1. The Morgan fingerprint density at radius 1 is 1.00 bits per heavy atom. The van der Waals surface area contributed by atoms with Crippen LogP contribution < -0.4 is 0 Å². The van der Waals surface area contributed by atoms with Crippen molar-refractivity contribution in [3.8, 4) is 0 Å². The van der Waals surface area contributed by atoms with Gasteiger partial charge in [0.2, 0.25) is 0 Å². The van der Waals surface area contributed by atoms with E-state index >= 15 is 0 Å². The Kier molecular flexibility index (Phi) is 3.33. The molecule has 1 aromatic heterocycles. The van der Waals surface area contributed by atoms with Crippen molar-refractivity contribution in [1.29, 1.82) is 0 Å². The van der Waals surface area contributed by atoms with Gasteiger partial charge in [-0.25, -0.2) is 4.98 Å². The van der Waals surface area contributed by atoms with Crippen LogP contribution in [0.2, 0.25) is 0 Å². The van der Waals surface area contributed by atoms with Gasteiger partial charge in [0.05, 0.1) is 11.0 Å². The van der Waals surface area contributed by atoms with Gasteiger partial charge in [0.15, 0.2) is 0 Å². The van der Waals surface area contributed by atoms with Gasteiger partial charge in [-0.3, -0.25) is 4.79 Å². The van der Waals surface area contributed by atoms with Crippen molar-refractivity contribution in [3.05, 3.63) is 54.1 Å². The lowest BCUT2D eigenvalue weighted by Crippen LogP contribution is -2.03. The molecule has 0 N–H and O–H groups in total. The summed E-state index contributed by atoms with van der Waals surface area (Å²) in [5.41, 5.74) is 2.87. The molecule has 0 unspecified atom stereocenters. The van der Waals surface area contributed by atoms with Crippen molar-refractivity contribution >= 4 is 27.8 Å². The number of nitrogens with zero attached hydrogens (tertiary/aromatic N) is 1. The molecule has 0 fully saturated rings. The molecule has 3 rings (SSSR count). The van der Waals surface area contributed by atoms with Crippen LogP contribution in [-0.2, 0) is 16.1 Å². The van der Waals surface area contributed by atoms with Crippen LogP contribution in [0.25, 0.3) is 21.8 Å². The smallest absolute Gasteiger partial charge is 0.305 e. The summed E-state index contributed by atoms with van der Waals surface area (Å²) in [7, 11) is 0. The van der Waals surface area contributed by atoms with E-state index in [-0.39, 0.29) is 12.6 Å². The van der Waals surface area contributed by atoms with Crippen LogP contribution in [-0.4, -0.2) is 11.0 Å². The highest BCUT2D eigenvalue weighted by molar-refractivity contribution is 5.97. The molecular formula is C17H15NO2. The zero-order valence-corrected chi connectivity index (χ0v) is 11.3. The molecule has 3 aromatic rings. The minimum atomic E-state index is -0.185. The average Bonchev–Trinajstić information content (AvgIpc) is 2.51. The molecule has 0 aliphatic heterocycles. The first-order valence-electron chi connectivity index (χ1n) is 6.71. The summed E-state index contributed by atoms with van der Waals surface area (Å²) in [4.78, 5) is 16.1. The third kappa shape index (κ3) is 2.23. The first-order valence-corrected chi connectivity index (χ1v) is 6.71. The van der Waals surface area contributed by atoms with Crippen molar-refractivity contribution in [2.75, 3.05) is 0 Å².